The van der Waals surface area contributed by atoms with Gasteiger partial charge in [0.15, 0.2) is 0 Å². The monoisotopic (exact) mass is 608 g/mol. The number of hydrogen-bond donors (Lipinski definition) is 3. The molecule has 1 fully saturated rings. The number of ether oxygens (including phenoxy) is 1. The van der Waals surface area contributed by atoms with Crippen LogP contribution in [0.5, 0.6) is 5.75 Å². The van der Waals surface area contributed by atoms with E-state index in [0.717, 1.165) is 42.8 Å². The molecule has 3 N–H and O–H groups in total. The molecule has 2 aliphatic carbocycles. The minimum atomic E-state index is -1.80. The van der Waals surface area contributed by atoms with Crippen molar-refractivity contribution in [2.75, 3.05) is 44.8 Å². The van der Waals surface area contributed by atoms with E-state index >= 15 is 0 Å². The van der Waals surface area contributed by atoms with E-state index in [0.29, 0.717) is 44.0 Å². The second kappa shape index (κ2) is 11.8. The number of benzene rings is 2. The highest BCUT2D eigenvalue weighted by Gasteiger charge is 2.46. The quantitative estimate of drug-likeness (QED) is 0.436. The van der Waals surface area contributed by atoms with Crippen molar-refractivity contribution in [2.24, 2.45) is 11.8 Å². The van der Waals surface area contributed by atoms with Crippen LogP contribution >= 0.6 is 11.6 Å². The van der Waals surface area contributed by atoms with E-state index < -0.39 is 24.1 Å². The van der Waals surface area contributed by atoms with Crippen LogP contribution in [-0.4, -0.2) is 78.1 Å². The van der Waals surface area contributed by atoms with Crippen molar-refractivity contribution in [2.45, 2.75) is 61.9 Å². The molecule has 2 heterocycles. The molecule has 2 aliphatic heterocycles. The third-order valence-corrected chi connectivity index (χ3v) is 10.7. The molecule has 2 aromatic carbocycles. The van der Waals surface area contributed by atoms with Gasteiger partial charge in [0.05, 0.1) is 25.0 Å². The molecular formula is C34H41ClN2O6. The highest BCUT2D eigenvalue weighted by atomic mass is 35.5. The average Bonchev–Trinajstić information content (AvgIpc) is 3.12. The van der Waals surface area contributed by atoms with Crippen LogP contribution in [0.25, 0.3) is 0 Å². The number of halogens is 1. The molecular weight excluding hydrogens is 568 g/mol. The summed E-state index contributed by atoms with van der Waals surface area (Å²) in [5.74, 6) is -0.589. The molecule has 1 spiro atoms. The van der Waals surface area contributed by atoms with Crippen LogP contribution in [0.3, 0.4) is 0 Å². The second-order valence-corrected chi connectivity index (χ2v) is 13.5. The molecule has 43 heavy (non-hydrogen) atoms. The van der Waals surface area contributed by atoms with Gasteiger partial charge in [0.25, 0.3) is 0 Å². The van der Waals surface area contributed by atoms with Crippen LogP contribution in [-0.2, 0) is 26.8 Å². The molecule has 0 aromatic heterocycles. The lowest BCUT2D eigenvalue weighted by Gasteiger charge is -2.45. The van der Waals surface area contributed by atoms with E-state index in [9.17, 15) is 24.9 Å². The second-order valence-electron chi connectivity index (χ2n) is 13.0. The van der Waals surface area contributed by atoms with Crippen LogP contribution in [0, 0.1) is 11.8 Å². The van der Waals surface area contributed by atoms with Gasteiger partial charge in [-0.25, -0.2) is 0 Å². The molecule has 6 rings (SSSR count). The third-order valence-electron chi connectivity index (χ3n) is 10.5. The van der Waals surface area contributed by atoms with Gasteiger partial charge in [0.2, 0.25) is 5.91 Å². The Balaban J connectivity index is 1.47. The van der Waals surface area contributed by atoms with E-state index in [4.69, 9.17) is 16.3 Å². The Morgan fingerprint density at radius 2 is 2.02 bits per heavy atom. The number of aryl methyl sites for hydroxylation is 1. The predicted molar refractivity (Wildman–Crippen MR) is 165 cm³/mol. The maximum absolute atomic E-state index is 13.3. The van der Waals surface area contributed by atoms with E-state index in [1.807, 2.05) is 24.3 Å². The number of aliphatic carboxylic acids is 1. The number of amides is 1. The Bertz CT molecular complexity index is 1430. The Morgan fingerprint density at radius 1 is 1.19 bits per heavy atom. The van der Waals surface area contributed by atoms with E-state index in [-0.39, 0.29) is 29.6 Å². The molecule has 5 atom stereocenters. The van der Waals surface area contributed by atoms with Gasteiger partial charge in [0, 0.05) is 43.5 Å². The molecule has 230 valence electrons. The SMILES string of the molecule is CN1CC/C=C/[C@H](O)[C@@H]2CC[C@H]2CN2C[C@@]3(CCCc4cc(Cl)ccc43)COc3ccc(cc32)[C@@](CO)(C(=O)O)CC1=O. The number of aliphatic hydroxyl groups is 2. The van der Waals surface area contributed by atoms with Gasteiger partial charge in [-0.15, -0.1) is 0 Å². The van der Waals surface area contributed by atoms with Gasteiger partial charge in [-0.2, -0.15) is 0 Å². The molecule has 9 heteroatoms. The van der Waals surface area contributed by atoms with Crippen molar-refractivity contribution in [1.82, 2.24) is 4.90 Å². The highest BCUT2D eigenvalue weighted by molar-refractivity contribution is 6.30. The molecule has 0 radical (unpaired) electrons. The number of carboxylic acids is 1. The van der Waals surface area contributed by atoms with E-state index in [1.165, 1.54) is 16.0 Å². The fourth-order valence-electron chi connectivity index (χ4n) is 7.65. The Kier molecular flexibility index (Phi) is 8.22. The first kappa shape index (κ1) is 30.0. The maximum atomic E-state index is 13.3. The molecule has 1 saturated carbocycles. The van der Waals surface area contributed by atoms with Crippen molar-refractivity contribution in [3.63, 3.8) is 0 Å². The fraction of sp³-hybridized carbons (Fsp3) is 0.529. The van der Waals surface area contributed by atoms with Crippen LogP contribution in [0.1, 0.15) is 55.2 Å². The smallest absolute Gasteiger partial charge is 0.317 e. The first-order chi connectivity index (χ1) is 20.7. The maximum Gasteiger partial charge on any atom is 0.317 e. The van der Waals surface area contributed by atoms with Crippen molar-refractivity contribution in [3.05, 3.63) is 70.3 Å². The largest absolute Gasteiger partial charge is 0.490 e. The number of carboxylic acid groups (broad SMARTS) is 1. The van der Waals surface area contributed by atoms with Crippen LogP contribution in [0.15, 0.2) is 48.6 Å². The standard InChI is InChI=1S/C34H41ClN2O6/c1-36-14-3-2-6-29(39)26-10-7-23(26)18-37-19-33(13-4-5-22-15-25(35)9-11-27(22)33)21-43-30-12-8-24(16-28(30)37)34(20-38,32(41)42)17-31(36)40/h2,6,8-9,11-12,15-16,23,26,29,38-39H,3-5,7,10,13-14,17-21H2,1H3,(H,41,42)/b6-2+/t23-,26+,29-,33-,34+/m0/s1. The minimum Gasteiger partial charge on any atom is -0.490 e. The summed E-state index contributed by atoms with van der Waals surface area (Å²) < 4.78 is 6.58. The lowest BCUT2D eigenvalue weighted by Crippen LogP contribution is -2.49. The topological polar surface area (TPSA) is 111 Å². The number of anilines is 1. The van der Waals surface area contributed by atoms with Crippen molar-refractivity contribution >= 4 is 29.2 Å². The summed E-state index contributed by atoms with van der Waals surface area (Å²) in [4.78, 5) is 29.9. The van der Waals surface area contributed by atoms with Crippen LogP contribution in [0.2, 0.25) is 5.02 Å². The first-order valence-corrected chi connectivity index (χ1v) is 15.8. The summed E-state index contributed by atoms with van der Waals surface area (Å²) in [6.45, 7) is 1.49. The number of carbonyl (C=O) groups excluding carboxylic acids is 1. The average molecular weight is 609 g/mol. The zero-order valence-corrected chi connectivity index (χ0v) is 25.4. The van der Waals surface area contributed by atoms with Crippen molar-refractivity contribution in [3.8, 4) is 5.75 Å². The number of carbonyl (C=O) groups is 2. The number of aliphatic hydroxyl groups excluding tert-OH is 2. The summed E-state index contributed by atoms with van der Waals surface area (Å²) in [6, 6.07) is 11.4. The Labute approximate surface area is 257 Å². The van der Waals surface area contributed by atoms with Gasteiger partial charge in [-0.1, -0.05) is 35.9 Å². The lowest BCUT2D eigenvalue weighted by atomic mass is 9.68. The van der Waals surface area contributed by atoms with Gasteiger partial charge >= 0.3 is 5.97 Å². The van der Waals surface area contributed by atoms with Crippen LogP contribution < -0.4 is 9.64 Å². The van der Waals surface area contributed by atoms with Gasteiger partial charge < -0.3 is 29.9 Å². The Hall–Kier alpha value is -3.07. The van der Waals surface area contributed by atoms with Gasteiger partial charge in [0.1, 0.15) is 11.2 Å². The number of rotatable bonds is 2. The fourth-order valence-corrected chi connectivity index (χ4v) is 7.84. The Morgan fingerprint density at radius 3 is 2.77 bits per heavy atom. The predicted octanol–water partition coefficient (Wildman–Crippen LogP) is 4.32. The lowest BCUT2D eigenvalue weighted by molar-refractivity contribution is -0.149. The highest BCUT2D eigenvalue weighted by Crippen LogP contribution is 2.47. The zero-order valence-electron chi connectivity index (χ0n) is 24.7. The molecule has 0 saturated heterocycles. The number of fused-ring (bicyclic) bond motifs is 4. The molecule has 4 aliphatic rings. The van der Waals surface area contributed by atoms with Gasteiger partial charge in [-0.3, -0.25) is 9.59 Å². The van der Waals surface area contributed by atoms with Gasteiger partial charge in [-0.05, 0) is 91.3 Å². The molecule has 8 nitrogen and oxygen atoms in total. The summed E-state index contributed by atoms with van der Waals surface area (Å²) >= 11 is 6.40. The molecule has 0 unspecified atom stereocenters. The third kappa shape index (κ3) is 5.42. The summed E-state index contributed by atoms with van der Waals surface area (Å²) in [5, 5.41) is 32.9. The number of nitrogens with zero attached hydrogens (tertiary/aromatic N) is 2. The molecule has 2 aromatic rings. The van der Waals surface area contributed by atoms with Crippen LogP contribution in [0.4, 0.5) is 5.69 Å². The molecule has 1 amide bonds. The normalized spacial score (nSPS) is 31.7. The van der Waals surface area contributed by atoms with Crippen molar-refractivity contribution in [1.29, 1.82) is 0 Å². The first-order valence-electron chi connectivity index (χ1n) is 15.4. The summed E-state index contributed by atoms with van der Waals surface area (Å²) in [7, 11) is 1.64. The zero-order chi connectivity index (χ0) is 30.4. The van der Waals surface area contributed by atoms with E-state index in [1.54, 1.807) is 19.2 Å². The molecule has 2 bridgehead atoms. The van der Waals surface area contributed by atoms with Crippen molar-refractivity contribution < 1.29 is 29.6 Å². The summed E-state index contributed by atoms with van der Waals surface area (Å²) in [5.41, 5.74) is 1.51. The number of hydrogen-bond acceptors (Lipinski definition) is 6. The van der Waals surface area contributed by atoms with E-state index in [2.05, 4.69) is 17.0 Å². The minimum absolute atomic E-state index is 0.114. The summed E-state index contributed by atoms with van der Waals surface area (Å²) in [6.07, 6.45) is 8.19.